The quantitative estimate of drug-likeness (QED) is 0.687. The van der Waals surface area contributed by atoms with Crippen LogP contribution in [0.4, 0.5) is 5.82 Å². The molecule has 30 heavy (non-hydrogen) atoms. The molecule has 4 rings (SSSR count). The van der Waals surface area contributed by atoms with Gasteiger partial charge in [-0.15, -0.1) is 0 Å². The molecule has 1 aromatic heterocycles. The van der Waals surface area contributed by atoms with Crippen LogP contribution in [0.3, 0.4) is 0 Å². The third-order valence-corrected chi connectivity index (χ3v) is 5.10. The van der Waals surface area contributed by atoms with Gasteiger partial charge in [-0.05, 0) is 24.3 Å². The molecule has 2 aliphatic rings. The SMILES string of the molecule is O=C(CCC(=O)N1CCN(c2ccccn2)CC1)ON1C(=O)c2ccccc2C1=O. The summed E-state index contributed by atoms with van der Waals surface area (Å²) in [4.78, 5) is 62.0. The molecule has 9 nitrogen and oxygen atoms in total. The molecule has 0 aliphatic carbocycles. The molecule has 1 aromatic carbocycles. The van der Waals surface area contributed by atoms with Crippen molar-refractivity contribution in [2.45, 2.75) is 12.8 Å². The Morgan fingerprint density at radius 1 is 0.867 bits per heavy atom. The third-order valence-electron chi connectivity index (χ3n) is 5.10. The molecule has 0 radical (unpaired) electrons. The van der Waals surface area contributed by atoms with Gasteiger partial charge in [0.05, 0.1) is 17.5 Å². The third kappa shape index (κ3) is 3.86. The van der Waals surface area contributed by atoms with Crippen molar-refractivity contribution in [1.82, 2.24) is 14.9 Å². The van der Waals surface area contributed by atoms with Gasteiger partial charge in [-0.3, -0.25) is 14.4 Å². The highest BCUT2D eigenvalue weighted by Gasteiger charge is 2.38. The summed E-state index contributed by atoms with van der Waals surface area (Å²) in [7, 11) is 0. The number of aromatic nitrogens is 1. The number of imide groups is 1. The fourth-order valence-corrected chi connectivity index (χ4v) is 3.49. The zero-order valence-electron chi connectivity index (χ0n) is 16.2. The van der Waals surface area contributed by atoms with Crippen molar-refractivity contribution in [3.63, 3.8) is 0 Å². The number of hydrogen-bond acceptors (Lipinski definition) is 7. The zero-order valence-corrected chi connectivity index (χ0v) is 16.2. The number of anilines is 1. The average Bonchev–Trinajstić information content (AvgIpc) is 3.03. The first-order chi connectivity index (χ1) is 14.5. The predicted octanol–water partition coefficient (Wildman–Crippen LogP) is 1.26. The average molecular weight is 408 g/mol. The van der Waals surface area contributed by atoms with Crippen molar-refractivity contribution in [1.29, 1.82) is 0 Å². The standard InChI is InChI=1S/C21H20N4O5/c26-18(24-13-11-23(12-14-24)17-7-3-4-10-22-17)8-9-19(27)30-25-20(28)15-5-1-2-6-16(15)21(25)29/h1-7,10H,8-9,11-14H2. The number of carbonyl (C=O) groups is 4. The zero-order chi connectivity index (χ0) is 21.1. The van der Waals surface area contributed by atoms with E-state index in [4.69, 9.17) is 4.84 Å². The maximum absolute atomic E-state index is 12.4. The van der Waals surface area contributed by atoms with Gasteiger partial charge in [0.25, 0.3) is 11.8 Å². The van der Waals surface area contributed by atoms with Crippen LogP contribution >= 0.6 is 0 Å². The van der Waals surface area contributed by atoms with Gasteiger partial charge in [0.2, 0.25) is 5.91 Å². The first-order valence-corrected chi connectivity index (χ1v) is 9.67. The Bertz CT molecular complexity index is 951. The molecule has 3 heterocycles. The summed E-state index contributed by atoms with van der Waals surface area (Å²) in [5, 5.41) is 0.461. The number of carbonyl (C=O) groups excluding carboxylic acids is 4. The van der Waals surface area contributed by atoms with Crippen LogP contribution in [0.2, 0.25) is 0 Å². The van der Waals surface area contributed by atoms with E-state index >= 15 is 0 Å². The van der Waals surface area contributed by atoms with E-state index in [1.54, 1.807) is 23.2 Å². The maximum Gasteiger partial charge on any atom is 0.333 e. The van der Waals surface area contributed by atoms with Crippen LogP contribution < -0.4 is 4.90 Å². The number of piperazine rings is 1. The van der Waals surface area contributed by atoms with E-state index in [-0.39, 0.29) is 29.9 Å². The van der Waals surface area contributed by atoms with Crippen molar-refractivity contribution in [2.75, 3.05) is 31.1 Å². The maximum atomic E-state index is 12.4. The molecule has 0 spiro atoms. The lowest BCUT2D eigenvalue weighted by atomic mass is 10.1. The van der Waals surface area contributed by atoms with Crippen molar-refractivity contribution in [3.05, 3.63) is 59.8 Å². The highest BCUT2D eigenvalue weighted by atomic mass is 16.7. The number of fused-ring (bicyclic) bond motifs is 1. The van der Waals surface area contributed by atoms with Crippen molar-refractivity contribution in [3.8, 4) is 0 Å². The van der Waals surface area contributed by atoms with Crippen molar-refractivity contribution < 1.29 is 24.0 Å². The molecule has 9 heteroatoms. The highest BCUT2D eigenvalue weighted by molar-refractivity contribution is 6.20. The first-order valence-electron chi connectivity index (χ1n) is 9.67. The Balaban J connectivity index is 1.24. The second-order valence-corrected chi connectivity index (χ2v) is 6.97. The Morgan fingerprint density at radius 2 is 1.50 bits per heavy atom. The van der Waals surface area contributed by atoms with E-state index in [0.717, 1.165) is 5.82 Å². The summed E-state index contributed by atoms with van der Waals surface area (Å²) >= 11 is 0. The van der Waals surface area contributed by atoms with Crippen molar-refractivity contribution in [2.24, 2.45) is 0 Å². The van der Waals surface area contributed by atoms with Gasteiger partial charge in [-0.25, -0.2) is 9.78 Å². The minimum Gasteiger partial charge on any atom is -0.353 e. The van der Waals surface area contributed by atoms with E-state index in [9.17, 15) is 19.2 Å². The van der Waals surface area contributed by atoms with Crippen LogP contribution in [0.25, 0.3) is 0 Å². The van der Waals surface area contributed by atoms with Gasteiger partial charge < -0.3 is 14.6 Å². The monoisotopic (exact) mass is 408 g/mol. The van der Waals surface area contributed by atoms with Crippen LogP contribution in [0.15, 0.2) is 48.7 Å². The lowest BCUT2D eigenvalue weighted by Gasteiger charge is -2.35. The molecule has 2 aliphatic heterocycles. The van der Waals surface area contributed by atoms with Crippen LogP contribution in [-0.4, -0.2) is 64.8 Å². The lowest BCUT2D eigenvalue weighted by Crippen LogP contribution is -2.49. The molecule has 1 saturated heterocycles. The first kappa shape index (κ1) is 19.6. The minimum atomic E-state index is -0.801. The van der Waals surface area contributed by atoms with E-state index in [1.807, 2.05) is 18.2 Å². The minimum absolute atomic E-state index is 0.0500. The molecule has 0 N–H and O–H groups in total. The highest BCUT2D eigenvalue weighted by Crippen LogP contribution is 2.23. The van der Waals surface area contributed by atoms with Crippen LogP contribution in [0.5, 0.6) is 0 Å². The fourth-order valence-electron chi connectivity index (χ4n) is 3.49. The van der Waals surface area contributed by atoms with Crippen LogP contribution in [0, 0.1) is 0 Å². The smallest absolute Gasteiger partial charge is 0.333 e. The molecule has 0 bridgehead atoms. The molecule has 0 atom stereocenters. The van der Waals surface area contributed by atoms with Crippen LogP contribution in [0.1, 0.15) is 33.6 Å². The summed E-state index contributed by atoms with van der Waals surface area (Å²) in [5.41, 5.74) is 0.384. The number of pyridine rings is 1. The summed E-state index contributed by atoms with van der Waals surface area (Å²) in [5.74, 6) is -1.46. The van der Waals surface area contributed by atoms with E-state index in [1.165, 1.54) is 12.1 Å². The Morgan fingerprint density at radius 3 is 2.10 bits per heavy atom. The molecule has 1 fully saturated rings. The lowest BCUT2D eigenvalue weighted by molar-refractivity contribution is -0.169. The van der Waals surface area contributed by atoms with Gasteiger partial charge in [0.1, 0.15) is 5.82 Å². The van der Waals surface area contributed by atoms with Crippen LogP contribution in [-0.2, 0) is 14.4 Å². The van der Waals surface area contributed by atoms with Gasteiger partial charge in [-0.1, -0.05) is 23.3 Å². The largest absolute Gasteiger partial charge is 0.353 e. The summed E-state index contributed by atoms with van der Waals surface area (Å²) < 4.78 is 0. The Hall–Kier alpha value is -3.75. The van der Waals surface area contributed by atoms with E-state index in [0.29, 0.717) is 31.2 Å². The van der Waals surface area contributed by atoms with E-state index < -0.39 is 17.8 Å². The summed E-state index contributed by atoms with van der Waals surface area (Å²) in [6.07, 6.45) is 1.46. The number of rotatable bonds is 5. The topological polar surface area (TPSA) is 100 Å². The molecule has 3 amide bonds. The number of hydroxylamine groups is 2. The number of amides is 3. The van der Waals surface area contributed by atoms with Gasteiger partial charge in [-0.2, -0.15) is 0 Å². The number of hydrogen-bond donors (Lipinski definition) is 0. The molecular formula is C21H20N4O5. The van der Waals surface area contributed by atoms with Gasteiger partial charge in [0.15, 0.2) is 0 Å². The Kier molecular flexibility index (Phi) is 5.42. The molecule has 0 saturated carbocycles. The number of benzene rings is 1. The Labute approximate surface area is 172 Å². The summed E-state index contributed by atoms with van der Waals surface area (Å²) in [6.45, 7) is 2.37. The molecule has 154 valence electrons. The second-order valence-electron chi connectivity index (χ2n) is 6.97. The number of nitrogens with zero attached hydrogens (tertiary/aromatic N) is 4. The second kappa shape index (κ2) is 8.32. The van der Waals surface area contributed by atoms with Gasteiger partial charge in [0, 0.05) is 38.8 Å². The fraction of sp³-hybridized carbons (Fsp3) is 0.286. The van der Waals surface area contributed by atoms with Gasteiger partial charge >= 0.3 is 5.97 Å². The molecule has 2 aromatic rings. The normalized spacial score (nSPS) is 15.9. The molecule has 0 unspecified atom stereocenters. The molecular weight excluding hydrogens is 388 g/mol. The predicted molar refractivity (Wildman–Crippen MR) is 105 cm³/mol. The summed E-state index contributed by atoms with van der Waals surface area (Å²) in [6, 6.07) is 11.9. The van der Waals surface area contributed by atoms with Crippen molar-refractivity contribution >= 4 is 29.5 Å². The van der Waals surface area contributed by atoms with E-state index in [2.05, 4.69) is 9.88 Å².